The third kappa shape index (κ3) is 7.09. The third-order valence-corrected chi connectivity index (χ3v) is 6.73. The number of esters is 1. The van der Waals surface area contributed by atoms with Gasteiger partial charge in [0.25, 0.3) is 0 Å². The lowest BCUT2D eigenvalue weighted by Crippen LogP contribution is -2.53. The number of amides is 1. The van der Waals surface area contributed by atoms with Gasteiger partial charge in [0.1, 0.15) is 6.04 Å². The number of carbonyl (C=O) groups is 2. The van der Waals surface area contributed by atoms with Crippen LogP contribution in [0.1, 0.15) is 72.6 Å². The van der Waals surface area contributed by atoms with E-state index >= 15 is 0 Å². The predicted octanol–water partition coefficient (Wildman–Crippen LogP) is 3.88. The molecule has 0 radical (unpaired) electrons. The van der Waals surface area contributed by atoms with Crippen molar-refractivity contribution in [1.82, 2.24) is 15.1 Å². The molecule has 6 nitrogen and oxygen atoms in total. The number of hydrogen-bond donors (Lipinski definition) is 1. The average Bonchev–Trinajstić information content (AvgIpc) is 3.29. The highest BCUT2D eigenvalue weighted by Crippen LogP contribution is 2.30. The van der Waals surface area contributed by atoms with Crippen molar-refractivity contribution in [3.05, 3.63) is 23.9 Å². The van der Waals surface area contributed by atoms with Gasteiger partial charge in [-0.15, -0.1) is 0 Å². The minimum atomic E-state index is -0.326. The van der Waals surface area contributed by atoms with Gasteiger partial charge in [-0.1, -0.05) is 31.9 Å². The molecule has 2 rings (SSSR count). The minimum absolute atomic E-state index is 0.0767. The smallest absolute Gasteiger partial charge is 0.333 e. The molecule has 0 aromatic rings. The van der Waals surface area contributed by atoms with E-state index in [1.54, 1.807) is 24.8 Å². The Bertz CT molecular complexity index is 652. The van der Waals surface area contributed by atoms with Crippen molar-refractivity contribution in [2.45, 2.75) is 90.8 Å². The molecule has 0 bridgehead atoms. The number of carbonyl (C=O) groups excluding carboxylic acids is 2. The summed E-state index contributed by atoms with van der Waals surface area (Å²) in [5.41, 5.74) is 1.51. The van der Waals surface area contributed by atoms with E-state index in [0.717, 1.165) is 31.5 Å². The molecule has 1 aliphatic heterocycles. The van der Waals surface area contributed by atoms with Gasteiger partial charge in [-0.25, -0.2) is 4.79 Å². The van der Waals surface area contributed by atoms with E-state index in [9.17, 15) is 9.59 Å². The molecule has 31 heavy (non-hydrogen) atoms. The highest BCUT2D eigenvalue weighted by Gasteiger charge is 2.35. The molecule has 0 spiro atoms. The summed E-state index contributed by atoms with van der Waals surface area (Å²) >= 11 is 0. The Balaban J connectivity index is 2.08. The molecule has 2 aliphatic rings. The Hall–Kier alpha value is -1.82. The summed E-state index contributed by atoms with van der Waals surface area (Å²) in [6, 6.07) is 0.483. The van der Waals surface area contributed by atoms with Crippen LogP contribution in [-0.2, 0) is 14.3 Å². The van der Waals surface area contributed by atoms with Gasteiger partial charge >= 0.3 is 5.97 Å². The molecule has 1 saturated carbocycles. The van der Waals surface area contributed by atoms with E-state index in [4.69, 9.17) is 4.74 Å². The second-order valence-corrected chi connectivity index (χ2v) is 9.36. The zero-order valence-corrected chi connectivity index (χ0v) is 20.3. The van der Waals surface area contributed by atoms with Gasteiger partial charge in [-0.05, 0) is 65.8 Å². The van der Waals surface area contributed by atoms with Gasteiger partial charge < -0.3 is 15.0 Å². The Morgan fingerprint density at radius 2 is 1.84 bits per heavy atom. The first-order valence-electron chi connectivity index (χ1n) is 12.1. The fraction of sp³-hybridized carbons (Fsp3) is 0.760. The Morgan fingerprint density at radius 1 is 1.19 bits per heavy atom. The van der Waals surface area contributed by atoms with Gasteiger partial charge in [0, 0.05) is 36.9 Å². The maximum Gasteiger partial charge on any atom is 0.333 e. The highest BCUT2D eigenvalue weighted by molar-refractivity contribution is 5.88. The summed E-state index contributed by atoms with van der Waals surface area (Å²) < 4.78 is 5.04. The molecule has 2 atom stereocenters. The third-order valence-electron chi connectivity index (χ3n) is 6.73. The summed E-state index contributed by atoms with van der Waals surface area (Å²) in [5, 5.41) is 3.59. The highest BCUT2D eigenvalue weighted by atomic mass is 16.5. The lowest BCUT2D eigenvalue weighted by atomic mass is 9.93. The SMILES string of the molecule is C=C(NC(C(=O)N(C)C/C=C(\C)C(=O)OCC)C1CCCC1)C1CCCCN1C(C)C. The van der Waals surface area contributed by atoms with Crippen LogP contribution < -0.4 is 5.32 Å². The topological polar surface area (TPSA) is 61.9 Å². The number of rotatable bonds is 10. The Labute approximate surface area is 189 Å². The number of likely N-dealkylation sites (tertiary alicyclic amines) is 1. The quantitative estimate of drug-likeness (QED) is 0.418. The summed E-state index contributed by atoms with van der Waals surface area (Å²) in [6.45, 7) is 14.2. The first-order chi connectivity index (χ1) is 14.8. The number of nitrogens with zero attached hydrogens (tertiary/aromatic N) is 2. The van der Waals surface area contributed by atoms with Gasteiger partial charge in [0.05, 0.1) is 6.61 Å². The number of likely N-dealkylation sites (N-methyl/N-ethyl adjacent to an activating group) is 1. The maximum absolute atomic E-state index is 13.4. The molecule has 176 valence electrons. The molecular formula is C25H43N3O3. The predicted molar refractivity (Wildman–Crippen MR) is 126 cm³/mol. The second kappa shape index (κ2) is 12.3. The van der Waals surface area contributed by atoms with Crippen molar-refractivity contribution in [2.24, 2.45) is 5.92 Å². The number of piperidine rings is 1. The maximum atomic E-state index is 13.4. The Kier molecular flexibility index (Phi) is 10.1. The second-order valence-electron chi connectivity index (χ2n) is 9.36. The molecule has 6 heteroatoms. The number of nitrogens with one attached hydrogen (secondary N) is 1. The first-order valence-corrected chi connectivity index (χ1v) is 12.1. The van der Waals surface area contributed by atoms with Crippen molar-refractivity contribution in [1.29, 1.82) is 0 Å². The molecule has 1 saturated heterocycles. The first kappa shape index (κ1) is 25.4. The lowest BCUT2D eigenvalue weighted by Gasteiger charge is -2.41. The molecule has 2 unspecified atom stereocenters. The molecule has 0 aromatic carbocycles. The molecule has 1 heterocycles. The van der Waals surface area contributed by atoms with Gasteiger partial charge in [0.2, 0.25) is 5.91 Å². The van der Waals surface area contributed by atoms with Crippen LogP contribution in [0.25, 0.3) is 0 Å². The molecule has 1 N–H and O–H groups in total. The number of hydrogen-bond acceptors (Lipinski definition) is 5. The van der Waals surface area contributed by atoms with Gasteiger partial charge in [-0.2, -0.15) is 0 Å². The van der Waals surface area contributed by atoms with E-state index in [1.807, 2.05) is 7.05 Å². The van der Waals surface area contributed by atoms with Crippen LogP contribution >= 0.6 is 0 Å². The molecular weight excluding hydrogens is 390 g/mol. The fourth-order valence-electron chi connectivity index (χ4n) is 4.84. The normalized spacial score (nSPS) is 21.7. The molecule has 1 amide bonds. The van der Waals surface area contributed by atoms with Crippen molar-refractivity contribution in [2.75, 3.05) is 26.7 Å². The van der Waals surface area contributed by atoms with Crippen molar-refractivity contribution >= 4 is 11.9 Å². The van der Waals surface area contributed by atoms with Crippen LogP contribution in [0, 0.1) is 5.92 Å². The van der Waals surface area contributed by atoms with Crippen molar-refractivity contribution in [3.8, 4) is 0 Å². The summed E-state index contributed by atoms with van der Waals surface area (Å²) in [6.07, 6.45) is 9.79. The van der Waals surface area contributed by atoms with E-state index in [1.165, 1.54) is 25.7 Å². The molecule has 0 aromatic heterocycles. The molecule has 2 fully saturated rings. The van der Waals surface area contributed by atoms with Crippen LogP contribution in [0.5, 0.6) is 0 Å². The fourth-order valence-corrected chi connectivity index (χ4v) is 4.84. The van der Waals surface area contributed by atoms with Gasteiger partial charge in [-0.3, -0.25) is 9.69 Å². The van der Waals surface area contributed by atoms with Crippen LogP contribution in [-0.4, -0.2) is 66.5 Å². The van der Waals surface area contributed by atoms with E-state index in [0.29, 0.717) is 30.7 Å². The van der Waals surface area contributed by atoms with Gasteiger partial charge in [0.15, 0.2) is 0 Å². The monoisotopic (exact) mass is 433 g/mol. The van der Waals surface area contributed by atoms with E-state index < -0.39 is 0 Å². The summed E-state index contributed by atoms with van der Waals surface area (Å²) in [4.78, 5) is 29.5. The zero-order chi connectivity index (χ0) is 23.0. The summed E-state index contributed by atoms with van der Waals surface area (Å²) in [5.74, 6) is 0.0825. The minimum Gasteiger partial charge on any atom is -0.463 e. The Morgan fingerprint density at radius 3 is 2.45 bits per heavy atom. The summed E-state index contributed by atoms with van der Waals surface area (Å²) in [7, 11) is 1.81. The average molecular weight is 434 g/mol. The van der Waals surface area contributed by atoms with E-state index in [-0.39, 0.29) is 24.0 Å². The van der Waals surface area contributed by atoms with Crippen molar-refractivity contribution < 1.29 is 14.3 Å². The number of ether oxygens (including phenoxy) is 1. The van der Waals surface area contributed by atoms with Crippen LogP contribution in [0.4, 0.5) is 0 Å². The lowest BCUT2D eigenvalue weighted by molar-refractivity contribution is -0.138. The van der Waals surface area contributed by atoms with Crippen LogP contribution in [0.2, 0.25) is 0 Å². The standard InChI is InChI=1S/C25H43N3O3/c1-7-31-25(30)19(4)15-17-27(6)24(29)23(21-12-8-9-13-21)26-20(5)22-14-10-11-16-28(22)18(2)3/h15,18,21-23,26H,5,7-14,16-17H2,1-4,6H3/b19-15+. The zero-order valence-electron chi connectivity index (χ0n) is 20.3. The largest absolute Gasteiger partial charge is 0.463 e. The van der Waals surface area contributed by atoms with Crippen LogP contribution in [0.15, 0.2) is 23.9 Å². The molecule has 1 aliphatic carbocycles. The van der Waals surface area contributed by atoms with Crippen molar-refractivity contribution in [3.63, 3.8) is 0 Å². The van der Waals surface area contributed by atoms with E-state index in [2.05, 4.69) is 30.6 Å². The van der Waals surface area contributed by atoms with Crippen LogP contribution in [0.3, 0.4) is 0 Å².